The van der Waals surface area contributed by atoms with Crippen LogP contribution in [0.3, 0.4) is 0 Å². The van der Waals surface area contributed by atoms with Crippen molar-refractivity contribution in [1.82, 2.24) is 4.90 Å². The third-order valence-corrected chi connectivity index (χ3v) is 4.15. The molecule has 1 atom stereocenters. The van der Waals surface area contributed by atoms with Crippen molar-refractivity contribution in [1.29, 1.82) is 0 Å². The summed E-state index contributed by atoms with van der Waals surface area (Å²) in [5, 5.41) is 0.799. The first-order chi connectivity index (χ1) is 9.31. The molecule has 0 spiro atoms. The van der Waals surface area contributed by atoms with Gasteiger partial charge < -0.3 is 9.47 Å². The number of hydrogen-bond acceptors (Lipinski definition) is 3. The first kappa shape index (κ1) is 13.4. The van der Waals surface area contributed by atoms with Crippen molar-refractivity contribution in [2.24, 2.45) is 5.92 Å². The number of rotatable bonds is 3. The minimum atomic E-state index is 0.0213. The Morgan fingerprint density at radius 3 is 2.63 bits per heavy atom. The lowest BCUT2D eigenvalue weighted by Crippen LogP contribution is -2.40. The first-order valence-electron chi connectivity index (χ1n) is 7.01. The van der Waals surface area contributed by atoms with Crippen LogP contribution in [0, 0.1) is 5.92 Å². The normalized spacial score (nSPS) is 25.8. The molecular formula is C15H20ClNO2. The van der Waals surface area contributed by atoms with E-state index in [1.54, 1.807) is 0 Å². The van der Waals surface area contributed by atoms with E-state index in [2.05, 4.69) is 17.0 Å². The molecule has 0 aliphatic carbocycles. The molecule has 2 heterocycles. The maximum absolute atomic E-state index is 5.92. The van der Waals surface area contributed by atoms with Crippen molar-refractivity contribution in [3.8, 4) is 0 Å². The number of ether oxygens (including phenoxy) is 2. The van der Waals surface area contributed by atoms with Gasteiger partial charge in [0.1, 0.15) is 0 Å². The molecule has 4 heteroatoms. The predicted octanol–water partition coefficient (Wildman–Crippen LogP) is 2.92. The average Bonchev–Trinajstić information content (AvgIpc) is 2.96. The van der Waals surface area contributed by atoms with Crippen LogP contribution in [0.15, 0.2) is 24.3 Å². The van der Waals surface area contributed by atoms with E-state index < -0.39 is 0 Å². The van der Waals surface area contributed by atoms with Crippen LogP contribution < -0.4 is 0 Å². The highest BCUT2D eigenvalue weighted by atomic mass is 35.5. The van der Waals surface area contributed by atoms with Crippen LogP contribution in [-0.4, -0.2) is 37.5 Å². The molecule has 0 saturated carbocycles. The van der Waals surface area contributed by atoms with Crippen LogP contribution in [0.1, 0.15) is 18.4 Å². The van der Waals surface area contributed by atoms with Gasteiger partial charge in [0.2, 0.25) is 0 Å². The summed E-state index contributed by atoms with van der Waals surface area (Å²) in [6, 6.07) is 8.13. The number of halogens is 1. The van der Waals surface area contributed by atoms with E-state index in [1.165, 1.54) is 18.4 Å². The van der Waals surface area contributed by atoms with Gasteiger partial charge in [0.25, 0.3) is 0 Å². The third-order valence-electron chi connectivity index (χ3n) is 3.89. The van der Waals surface area contributed by atoms with Crippen LogP contribution >= 0.6 is 11.6 Å². The topological polar surface area (TPSA) is 21.7 Å². The molecule has 3 nitrogen and oxygen atoms in total. The van der Waals surface area contributed by atoms with Crippen LogP contribution in [0.25, 0.3) is 0 Å². The summed E-state index contributed by atoms with van der Waals surface area (Å²) < 4.78 is 11.3. The van der Waals surface area contributed by atoms with Crippen molar-refractivity contribution in [2.75, 3.05) is 26.3 Å². The fraction of sp³-hybridized carbons (Fsp3) is 0.600. The highest BCUT2D eigenvalue weighted by Gasteiger charge is 2.30. The van der Waals surface area contributed by atoms with E-state index in [-0.39, 0.29) is 6.29 Å². The van der Waals surface area contributed by atoms with Gasteiger partial charge in [0.05, 0.1) is 13.2 Å². The zero-order valence-electron chi connectivity index (χ0n) is 11.1. The molecule has 1 unspecified atom stereocenters. The van der Waals surface area contributed by atoms with Crippen molar-refractivity contribution >= 4 is 11.6 Å². The Hall–Kier alpha value is -0.610. The fourth-order valence-electron chi connectivity index (χ4n) is 2.95. The van der Waals surface area contributed by atoms with Gasteiger partial charge >= 0.3 is 0 Å². The highest BCUT2D eigenvalue weighted by molar-refractivity contribution is 6.30. The zero-order chi connectivity index (χ0) is 13.1. The van der Waals surface area contributed by atoms with Gasteiger partial charge in [-0.15, -0.1) is 0 Å². The number of likely N-dealkylation sites (tertiary alicyclic amines) is 1. The Balaban J connectivity index is 1.57. The maximum Gasteiger partial charge on any atom is 0.161 e. The zero-order valence-corrected chi connectivity index (χ0v) is 11.8. The van der Waals surface area contributed by atoms with E-state index in [0.29, 0.717) is 5.92 Å². The molecule has 2 fully saturated rings. The second-order valence-corrected chi connectivity index (χ2v) is 5.81. The van der Waals surface area contributed by atoms with Gasteiger partial charge in [-0.05, 0) is 37.1 Å². The standard InChI is InChI=1S/C15H20ClNO2/c16-14-5-3-12(4-6-14)10-17-7-1-2-13(11-17)15-18-8-9-19-15/h3-6,13,15H,1-2,7-11H2. The SMILES string of the molecule is Clc1ccc(CN2CCCC(C3OCCO3)C2)cc1. The quantitative estimate of drug-likeness (QED) is 0.850. The molecule has 0 aromatic heterocycles. The van der Waals surface area contributed by atoms with Crippen molar-refractivity contribution in [2.45, 2.75) is 25.7 Å². The summed E-state index contributed by atoms with van der Waals surface area (Å²) in [6.07, 6.45) is 2.46. The lowest BCUT2D eigenvalue weighted by atomic mass is 9.97. The predicted molar refractivity (Wildman–Crippen MR) is 75.1 cm³/mol. The maximum atomic E-state index is 5.92. The number of piperidine rings is 1. The lowest BCUT2D eigenvalue weighted by Gasteiger charge is -2.34. The number of hydrogen-bond donors (Lipinski definition) is 0. The van der Waals surface area contributed by atoms with Crippen LogP contribution in [0.4, 0.5) is 0 Å². The minimum absolute atomic E-state index is 0.0213. The van der Waals surface area contributed by atoms with Gasteiger partial charge in [0, 0.05) is 24.0 Å². The number of nitrogens with zero attached hydrogens (tertiary/aromatic N) is 1. The summed E-state index contributed by atoms with van der Waals surface area (Å²) in [5.74, 6) is 0.517. The molecule has 19 heavy (non-hydrogen) atoms. The molecule has 2 aliphatic rings. The molecule has 0 radical (unpaired) electrons. The average molecular weight is 282 g/mol. The number of benzene rings is 1. The monoisotopic (exact) mass is 281 g/mol. The van der Waals surface area contributed by atoms with Crippen LogP contribution in [-0.2, 0) is 16.0 Å². The molecule has 0 amide bonds. The highest BCUT2D eigenvalue weighted by Crippen LogP contribution is 2.26. The summed E-state index contributed by atoms with van der Waals surface area (Å²) in [7, 11) is 0. The molecule has 1 aromatic carbocycles. The van der Waals surface area contributed by atoms with Gasteiger partial charge in [-0.1, -0.05) is 23.7 Å². The van der Waals surface area contributed by atoms with Crippen LogP contribution in [0.5, 0.6) is 0 Å². The smallest absolute Gasteiger partial charge is 0.161 e. The van der Waals surface area contributed by atoms with E-state index in [4.69, 9.17) is 21.1 Å². The molecule has 1 aromatic rings. The van der Waals surface area contributed by atoms with Crippen LogP contribution in [0.2, 0.25) is 5.02 Å². The molecule has 3 rings (SSSR count). The summed E-state index contributed by atoms with van der Waals surface area (Å²) in [4.78, 5) is 2.49. The summed E-state index contributed by atoms with van der Waals surface area (Å²) in [5.41, 5.74) is 1.32. The largest absolute Gasteiger partial charge is 0.350 e. The Labute approximate surface area is 119 Å². The van der Waals surface area contributed by atoms with E-state index in [1.807, 2.05) is 12.1 Å². The Morgan fingerprint density at radius 1 is 1.16 bits per heavy atom. The van der Waals surface area contributed by atoms with E-state index in [0.717, 1.165) is 37.9 Å². The molecular weight excluding hydrogens is 262 g/mol. The van der Waals surface area contributed by atoms with Crippen molar-refractivity contribution in [3.63, 3.8) is 0 Å². The lowest BCUT2D eigenvalue weighted by molar-refractivity contribution is -0.101. The third kappa shape index (κ3) is 3.48. The second kappa shape index (κ2) is 6.23. The first-order valence-corrected chi connectivity index (χ1v) is 7.39. The van der Waals surface area contributed by atoms with Gasteiger partial charge in [-0.25, -0.2) is 0 Å². The second-order valence-electron chi connectivity index (χ2n) is 5.37. The van der Waals surface area contributed by atoms with Crippen molar-refractivity contribution < 1.29 is 9.47 Å². The fourth-order valence-corrected chi connectivity index (χ4v) is 3.08. The Bertz CT molecular complexity index is 403. The van der Waals surface area contributed by atoms with Gasteiger partial charge in [-0.3, -0.25) is 4.90 Å². The van der Waals surface area contributed by atoms with Crippen molar-refractivity contribution in [3.05, 3.63) is 34.9 Å². The van der Waals surface area contributed by atoms with Gasteiger partial charge in [0.15, 0.2) is 6.29 Å². The summed E-state index contributed by atoms with van der Waals surface area (Å²) in [6.45, 7) is 4.70. The molecule has 0 N–H and O–H groups in total. The van der Waals surface area contributed by atoms with E-state index >= 15 is 0 Å². The molecule has 104 valence electrons. The summed E-state index contributed by atoms with van der Waals surface area (Å²) >= 11 is 5.92. The Morgan fingerprint density at radius 2 is 1.89 bits per heavy atom. The van der Waals surface area contributed by atoms with Gasteiger partial charge in [-0.2, -0.15) is 0 Å². The molecule has 2 aliphatic heterocycles. The molecule has 0 bridgehead atoms. The molecule has 2 saturated heterocycles. The van der Waals surface area contributed by atoms with E-state index in [9.17, 15) is 0 Å². The Kier molecular flexibility index (Phi) is 4.38. The minimum Gasteiger partial charge on any atom is -0.350 e.